The molecular formula is C24H24N7O2+. The summed E-state index contributed by atoms with van der Waals surface area (Å²) in [6, 6.07) is 13.8. The molecule has 6 N–H and O–H groups in total. The van der Waals surface area contributed by atoms with Gasteiger partial charge in [-0.2, -0.15) is 0 Å². The second kappa shape index (κ2) is 9.41. The SMILES string of the molecule is CC(=O)c1c(C(C=NCCO)=CN)nc2c(-c3ccc(-c4ccccc4)nc3)c[nH][n+]2c1N. The number of Topliss-reactive ketones (excluding diaryl/α,β-unsaturated/α-hetero) is 1. The summed E-state index contributed by atoms with van der Waals surface area (Å²) in [7, 11) is 0. The lowest BCUT2D eigenvalue weighted by Gasteiger charge is -2.06. The van der Waals surface area contributed by atoms with Gasteiger partial charge in [-0.05, 0) is 13.0 Å². The van der Waals surface area contributed by atoms with Gasteiger partial charge in [-0.15, -0.1) is 4.52 Å². The van der Waals surface area contributed by atoms with Crippen LogP contribution in [0, 0.1) is 0 Å². The molecule has 0 spiro atoms. The summed E-state index contributed by atoms with van der Waals surface area (Å²) in [5.41, 5.74) is 17.1. The van der Waals surface area contributed by atoms with Crippen molar-refractivity contribution >= 4 is 29.0 Å². The average Bonchev–Trinajstić information content (AvgIpc) is 3.27. The number of ketones is 1. The Morgan fingerprint density at radius 2 is 2.00 bits per heavy atom. The fourth-order valence-corrected chi connectivity index (χ4v) is 3.57. The fourth-order valence-electron chi connectivity index (χ4n) is 3.57. The number of aromatic nitrogens is 4. The smallest absolute Gasteiger partial charge is 0.295 e. The highest BCUT2D eigenvalue weighted by molar-refractivity contribution is 6.14. The van der Waals surface area contributed by atoms with Crippen LogP contribution in [0.1, 0.15) is 23.0 Å². The quantitative estimate of drug-likeness (QED) is 0.196. The molecule has 3 aromatic heterocycles. The van der Waals surface area contributed by atoms with E-state index in [1.165, 1.54) is 19.3 Å². The molecule has 0 aliphatic heterocycles. The van der Waals surface area contributed by atoms with E-state index < -0.39 is 0 Å². The molecule has 1 aromatic carbocycles. The van der Waals surface area contributed by atoms with Gasteiger partial charge in [-0.1, -0.05) is 41.4 Å². The predicted molar refractivity (Wildman–Crippen MR) is 127 cm³/mol. The molecule has 9 heteroatoms. The zero-order valence-electron chi connectivity index (χ0n) is 18.1. The van der Waals surface area contributed by atoms with E-state index in [4.69, 9.17) is 21.6 Å². The molecule has 0 atom stereocenters. The lowest BCUT2D eigenvalue weighted by atomic mass is 10.0. The van der Waals surface area contributed by atoms with Crippen molar-refractivity contribution in [1.82, 2.24) is 15.1 Å². The maximum Gasteiger partial charge on any atom is 0.295 e. The number of carbonyl (C=O) groups is 1. The third-order valence-electron chi connectivity index (χ3n) is 5.15. The van der Waals surface area contributed by atoms with Crippen LogP contribution in [0.4, 0.5) is 5.82 Å². The second-order valence-electron chi connectivity index (χ2n) is 7.30. The number of allylic oxidation sites excluding steroid dienone is 1. The lowest BCUT2D eigenvalue weighted by molar-refractivity contribution is -0.563. The Bertz CT molecular complexity index is 1360. The molecule has 0 saturated heterocycles. The number of nitrogens with two attached hydrogens (primary N) is 2. The Hall–Kier alpha value is -4.37. The summed E-state index contributed by atoms with van der Waals surface area (Å²) in [6.07, 6.45) is 6.32. The second-order valence-corrected chi connectivity index (χ2v) is 7.30. The summed E-state index contributed by atoms with van der Waals surface area (Å²) in [5, 5.41) is 12.1. The summed E-state index contributed by atoms with van der Waals surface area (Å²) in [6.45, 7) is 1.51. The summed E-state index contributed by atoms with van der Waals surface area (Å²) >= 11 is 0. The largest absolute Gasteiger partial charge is 0.404 e. The minimum absolute atomic E-state index is 0.105. The van der Waals surface area contributed by atoms with Crippen molar-refractivity contribution in [3.8, 4) is 22.4 Å². The van der Waals surface area contributed by atoms with Gasteiger partial charge in [0.15, 0.2) is 11.5 Å². The maximum absolute atomic E-state index is 12.4. The van der Waals surface area contributed by atoms with Crippen molar-refractivity contribution in [3.05, 3.63) is 72.3 Å². The number of nitrogens with one attached hydrogen (secondary N) is 1. The fraction of sp³-hybridized carbons (Fsp3) is 0.125. The van der Waals surface area contributed by atoms with E-state index in [1.54, 1.807) is 16.9 Å². The first-order valence-electron chi connectivity index (χ1n) is 10.3. The molecule has 0 aliphatic carbocycles. The van der Waals surface area contributed by atoms with Gasteiger partial charge in [0, 0.05) is 35.9 Å². The molecular weight excluding hydrogens is 418 g/mol. The summed E-state index contributed by atoms with van der Waals surface area (Å²) in [5.74, 6) is -0.0538. The third kappa shape index (κ3) is 4.21. The van der Waals surface area contributed by atoms with Crippen LogP contribution >= 0.6 is 0 Å². The van der Waals surface area contributed by atoms with E-state index in [2.05, 4.69) is 15.1 Å². The van der Waals surface area contributed by atoms with Crippen LogP contribution in [0.3, 0.4) is 0 Å². The Morgan fingerprint density at radius 1 is 1.21 bits per heavy atom. The Kier molecular flexibility index (Phi) is 6.23. The number of anilines is 1. The maximum atomic E-state index is 12.4. The molecule has 0 amide bonds. The highest BCUT2D eigenvalue weighted by Crippen LogP contribution is 2.27. The first-order chi connectivity index (χ1) is 16.0. The van der Waals surface area contributed by atoms with Gasteiger partial charge in [-0.3, -0.25) is 19.9 Å². The number of aliphatic imine (C=N–C) groups is 1. The van der Waals surface area contributed by atoms with Gasteiger partial charge >= 0.3 is 0 Å². The van der Waals surface area contributed by atoms with Crippen LogP contribution in [-0.2, 0) is 0 Å². The topological polar surface area (TPSA) is 147 Å². The molecule has 166 valence electrons. The van der Waals surface area contributed by atoms with Crippen LogP contribution in [-0.4, -0.2) is 45.3 Å². The molecule has 0 fully saturated rings. The van der Waals surface area contributed by atoms with Crippen molar-refractivity contribution in [1.29, 1.82) is 0 Å². The van der Waals surface area contributed by atoms with E-state index >= 15 is 0 Å². The number of aliphatic hydroxyl groups is 1. The minimum Gasteiger partial charge on any atom is -0.404 e. The summed E-state index contributed by atoms with van der Waals surface area (Å²) < 4.78 is 1.56. The van der Waals surface area contributed by atoms with Crippen molar-refractivity contribution in [3.63, 3.8) is 0 Å². The van der Waals surface area contributed by atoms with E-state index in [0.29, 0.717) is 16.9 Å². The number of carbonyl (C=O) groups excluding carboxylic acids is 1. The third-order valence-corrected chi connectivity index (χ3v) is 5.15. The highest BCUT2D eigenvalue weighted by atomic mass is 16.3. The van der Waals surface area contributed by atoms with E-state index in [1.807, 2.05) is 42.5 Å². The van der Waals surface area contributed by atoms with E-state index in [-0.39, 0.29) is 30.3 Å². The molecule has 0 aliphatic rings. The molecule has 0 unspecified atom stereocenters. The Morgan fingerprint density at radius 3 is 2.64 bits per heavy atom. The van der Waals surface area contributed by atoms with E-state index in [0.717, 1.165) is 22.4 Å². The van der Waals surface area contributed by atoms with Crippen LogP contribution < -0.4 is 16.0 Å². The van der Waals surface area contributed by atoms with Crippen LogP contribution in [0.2, 0.25) is 0 Å². The number of fused-ring (bicyclic) bond motifs is 1. The molecule has 9 nitrogen and oxygen atoms in total. The molecule has 0 radical (unpaired) electrons. The van der Waals surface area contributed by atoms with Gasteiger partial charge in [0.25, 0.3) is 11.5 Å². The van der Waals surface area contributed by atoms with Gasteiger partial charge in [0.1, 0.15) is 5.56 Å². The standard InChI is InChI=1S/C24H23N7O2/c1-15(33)21-22(18(11-25)12-27-9-10-32)30-24-19(14-29-31(24)23(21)26)17-7-8-20(28-13-17)16-5-3-2-4-6-16/h2-8,11-14,32H,9-10H2,1H3,(H4,25,26,27,29,30,33)/p+1. The number of H-pyrrole nitrogens is 1. The lowest BCUT2D eigenvalue weighted by Crippen LogP contribution is -2.32. The summed E-state index contributed by atoms with van der Waals surface area (Å²) in [4.78, 5) is 25.9. The van der Waals surface area contributed by atoms with Crippen molar-refractivity contribution in [2.45, 2.75) is 6.92 Å². The first kappa shape index (κ1) is 21.8. The number of hydrogen-bond donors (Lipinski definition) is 4. The minimum atomic E-state index is -0.260. The number of aromatic amines is 1. The van der Waals surface area contributed by atoms with Gasteiger partial charge in [0.05, 0.1) is 30.0 Å². The highest BCUT2D eigenvalue weighted by Gasteiger charge is 2.27. The molecule has 33 heavy (non-hydrogen) atoms. The molecule has 4 rings (SSSR count). The first-order valence-corrected chi connectivity index (χ1v) is 10.3. The number of pyridine rings is 1. The zero-order valence-corrected chi connectivity index (χ0v) is 18.1. The Labute approximate surface area is 190 Å². The number of benzene rings is 1. The zero-order chi connectivity index (χ0) is 23.4. The van der Waals surface area contributed by atoms with Gasteiger partial charge in [0.2, 0.25) is 0 Å². The predicted octanol–water partition coefficient (Wildman–Crippen LogP) is 2.02. The van der Waals surface area contributed by atoms with E-state index in [9.17, 15) is 4.79 Å². The molecule has 0 bridgehead atoms. The number of nitrogens with zero attached hydrogens (tertiary/aromatic N) is 4. The number of aliphatic hydroxyl groups excluding tert-OH is 1. The molecule has 0 saturated carbocycles. The van der Waals surface area contributed by atoms with Gasteiger partial charge < -0.3 is 16.6 Å². The van der Waals surface area contributed by atoms with Crippen molar-refractivity contribution in [2.75, 3.05) is 18.9 Å². The van der Waals surface area contributed by atoms with Crippen LogP contribution in [0.25, 0.3) is 33.6 Å². The normalized spacial score (nSPS) is 12.0. The number of hydrogen-bond acceptors (Lipinski definition) is 7. The monoisotopic (exact) mass is 442 g/mol. The number of rotatable bonds is 7. The number of nitrogen functional groups attached to an aromatic ring is 1. The van der Waals surface area contributed by atoms with Crippen LogP contribution in [0.5, 0.6) is 0 Å². The van der Waals surface area contributed by atoms with Gasteiger partial charge in [-0.25, -0.2) is 0 Å². The molecule has 3 heterocycles. The van der Waals surface area contributed by atoms with Crippen LogP contribution in [0.15, 0.2) is 66.1 Å². The Balaban J connectivity index is 1.85. The molecule has 4 aromatic rings. The van der Waals surface area contributed by atoms with Crippen molar-refractivity contribution < 1.29 is 14.4 Å². The van der Waals surface area contributed by atoms with Crippen molar-refractivity contribution in [2.24, 2.45) is 10.7 Å². The average molecular weight is 443 g/mol.